The van der Waals surface area contributed by atoms with Crippen LogP contribution in [0.3, 0.4) is 0 Å². The van der Waals surface area contributed by atoms with Crippen LogP contribution < -0.4 is 15.4 Å². The Labute approximate surface area is 419 Å². The number of rotatable bonds is 7. The second kappa shape index (κ2) is 15.4. The molecular weight excluding hydrogens is 877 g/mol. The van der Waals surface area contributed by atoms with Crippen LogP contribution in [0.4, 0.5) is 22.7 Å². The van der Waals surface area contributed by atoms with Crippen molar-refractivity contribution in [1.82, 2.24) is 9.55 Å². The first kappa shape index (κ1) is 41.1. The van der Waals surface area contributed by atoms with Crippen LogP contribution in [0, 0.1) is 0 Å². The molecule has 344 valence electrons. The van der Waals surface area contributed by atoms with Crippen LogP contribution >= 0.6 is 0 Å². The van der Waals surface area contributed by atoms with Crippen LogP contribution in [0.1, 0.15) is 117 Å². The van der Waals surface area contributed by atoms with Crippen molar-refractivity contribution in [3.05, 3.63) is 285 Å². The number of fused-ring (bicyclic) bond motifs is 3. The van der Waals surface area contributed by atoms with Crippen molar-refractivity contribution < 1.29 is 4.74 Å². The molecule has 0 spiro atoms. The topological polar surface area (TPSA) is 51.1 Å². The lowest BCUT2D eigenvalue weighted by atomic mass is 9.61. The van der Waals surface area contributed by atoms with Gasteiger partial charge in [0.15, 0.2) is 0 Å². The highest BCUT2D eigenvalue weighted by Gasteiger charge is 2.43. The Morgan fingerprint density at radius 2 is 0.903 bits per heavy atom. The Kier molecular flexibility index (Phi) is 8.81. The molecule has 72 heavy (non-hydrogen) atoms. The number of pyridine rings is 1. The minimum Gasteiger partial charge on any atom is -0.457 e. The van der Waals surface area contributed by atoms with E-state index >= 15 is 0 Å². The van der Waals surface area contributed by atoms with Crippen molar-refractivity contribution in [3.8, 4) is 17.3 Å². The molecule has 0 unspecified atom stereocenters. The van der Waals surface area contributed by atoms with Crippen LogP contribution in [-0.4, -0.2) is 9.55 Å². The molecule has 6 aliphatic carbocycles. The minimum atomic E-state index is -0.0490. The molecule has 0 amide bonds. The third kappa shape index (κ3) is 6.10. The summed E-state index contributed by atoms with van der Waals surface area (Å²) in [5, 5.41) is 10.1. The molecule has 11 aromatic rings. The summed E-state index contributed by atoms with van der Waals surface area (Å²) in [6.07, 6.45) is 1.96. The molecule has 0 fully saturated rings. The lowest BCUT2D eigenvalue weighted by molar-refractivity contribution is 0.483. The number of para-hydroxylation sites is 2. The van der Waals surface area contributed by atoms with Gasteiger partial charge in [0.2, 0.25) is 0 Å². The van der Waals surface area contributed by atoms with Crippen LogP contribution in [0.5, 0.6) is 11.5 Å². The highest BCUT2D eigenvalue weighted by atomic mass is 16.5. The van der Waals surface area contributed by atoms with Gasteiger partial charge >= 0.3 is 0 Å². The minimum absolute atomic E-state index is 0.0490. The maximum Gasteiger partial charge on any atom is 0.137 e. The van der Waals surface area contributed by atoms with E-state index in [1.165, 1.54) is 83.1 Å². The first-order valence-corrected chi connectivity index (χ1v) is 25.3. The van der Waals surface area contributed by atoms with Gasteiger partial charge in [-0.3, -0.25) is 4.57 Å². The number of hydrogen-bond donors (Lipinski definition) is 2. The molecule has 2 heterocycles. The maximum atomic E-state index is 6.84. The molecule has 17 rings (SSSR count). The maximum absolute atomic E-state index is 6.84. The third-order valence-electron chi connectivity index (χ3n) is 16.2. The summed E-state index contributed by atoms with van der Waals surface area (Å²) in [6, 6.07) is 75.6. The van der Waals surface area contributed by atoms with Crippen LogP contribution in [-0.2, 0) is 5.41 Å². The predicted octanol–water partition coefficient (Wildman–Crippen LogP) is 16.7. The zero-order valence-corrected chi connectivity index (χ0v) is 40.3. The molecule has 2 N–H and O–H groups in total. The molecule has 0 atom stereocenters. The van der Waals surface area contributed by atoms with Crippen molar-refractivity contribution in [1.29, 1.82) is 0 Å². The van der Waals surface area contributed by atoms with E-state index in [4.69, 9.17) is 9.72 Å². The average molecular weight is 927 g/mol. The third-order valence-corrected chi connectivity index (χ3v) is 16.2. The van der Waals surface area contributed by atoms with E-state index in [2.05, 4.69) is 236 Å². The van der Waals surface area contributed by atoms with Gasteiger partial charge < -0.3 is 15.4 Å². The summed E-state index contributed by atoms with van der Waals surface area (Å²) >= 11 is 0. The fraction of sp³-hybridized carbons (Fsp3) is 0.119. The molecule has 0 saturated heterocycles. The van der Waals surface area contributed by atoms with Crippen molar-refractivity contribution in [3.63, 3.8) is 0 Å². The first-order valence-electron chi connectivity index (χ1n) is 25.3. The van der Waals surface area contributed by atoms with Gasteiger partial charge in [-0.05, 0) is 144 Å². The quantitative estimate of drug-likeness (QED) is 0.167. The van der Waals surface area contributed by atoms with Gasteiger partial charge in [0.05, 0.1) is 22.4 Å². The van der Waals surface area contributed by atoms with Gasteiger partial charge in [-0.2, -0.15) is 0 Å². The Morgan fingerprint density at radius 3 is 1.53 bits per heavy atom. The van der Waals surface area contributed by atoms with Gasteiger partial charge in [0, 0.05) is 64.1 Å². The fourth-order valence-corrected chi connectivity index (χ4v) is 13.1. The summed E-state index contributed by atoms with van der Waals surface area (Å²) in [6.45, 7) is 6.80. The number of benzene rings is 9. The lowest BCUT2D eigenvalue weighted by Crippen LogP contribution is -2.28. The number of anilines is 4. The SMILES string of the molecule is CC(C)(C)c1ccnc(-n2c3cc(Oc4cccc(Nc5ccccc5Nc5cccc6c5C5c7ccccc7C6c6ccccc65)c4)ccc3c3cc4c(cc32)C2c3ccccc3C4c3ccccc32)c1. The van der Waals surface area contributed by atoms with Crippen molar-refractivity contribution >= 4 is 44.6 Å². The smallest absolute Gasteiger partial charge is 0.137 e. The zero-order valence-electron chi connectivity index (χ0n) is 40.3. The van der Waals surface area contributed by atoms with Crippen molar-refractivity contribution in [2.75, 3.05) is 10.6 Å². The Morgan fingerprint density at radius 1 is 0.403 bits per heavy atom. The highest BCUT2D eigenvalue weighted by Crippen LogP contribution is 2.59. The van der Waals surface area contributed by atoms with Crippen molar-refractivity contribution in [2.24, 2.45) is 0 Å². The van der Waals surface area contributed by atoms with E-state index < -0.39 is 0 Å². The van der Waals surface area contributed by atoms with Crippen LogP contribution in [0.2, 0.25) is 0 Å². The molecule has 9 aromatic carbocycles. The molecule has 0 saturated carbocycles. The monoisotopic (exact) mass is 926 g/mol. The van der Waals surface area contributed by atoms with Gasteiger partial charge in [0.1, 0.15) is 17.3 Å². The second-order valence-corrected chi connectivity index (χ2v) is 21.1. The van der Waals surface area contributed by atoms with Gasteiger partial charge in [-0.15, -0.1) is 0 Å². The summed E-state index contributed by atoms with van der Waals surface area (Å²) < 4.78 is 9.21. The molecular formula is C67H50N4O. The van der Waals surface area contributed by atoms with Crippen LogP contribution in [0.15, 0.2) is 212 Å². The van der Waals surface area contributed by atoms with E-state index in [1.807, 2.05) is 12.3 Å². The molecule has 5 heteroatoms. The fourth-order valence-electron chi connectivity index (χ4n) is 13.1. The molecule has 0 aliphatic heterocycles. The molecule has 4 bridgehead atoms. The van der Waals surface area contributed by atoms with Gasteiger partial charge in [-0.1, -0.05) is 148 Å². The molecule has 6 aliphatic rings. The van der Waals surface area contributed by atoms with E-state index in [0.717, 1.165) is 51.1 Å². The first-order chi connectivity index (χ1) is 35.3. The molecule has 0 radical (unpaired) electrons. The highest BCUT2D eigenvalue weighted by molar-refractivity contribution is 6.10. The van der Waals surface area contributed by atoms with E-state index in [1.54, 1.807) is 0 Å². The van der Waals surface area contributed by atoms with Crippen molar-refractivity contribution in [2.45, 2.75) is 49.9 Å². The summed E-state index contributed by atoms with van der Waals surface area (Å²) in [7, 11) is 0. The average Bonchev–Trinajstić information content (AvgIpc) is 3.72. The largest absolute Gasteiger partial charge is 0.457 e. The normalized spacial score (nSPS) is 17.4. The van der Waals surface area contributed by atoms with E-state index in [9.17, 15) is 0 Å². The Bertz CT molecular complexity index is 3970. The van der Waals surface area contributed by atoms with Gasteiger partial charge in [0.25, 0.3) is 0 Å². The van der Waals surface area contributed by atoms with Gasteiger partial charge in [-0.25, -0.2) is 4.98 Å². The number of nitrogens with one attached hydrogen (secondary N) is 2. The number of ether oxygens (including phenoxy) is 1. The summed E-state index contributed by atoms with van der Waals surface area (Å²) in [5.74, 6) is 3.13. The predicted molar refractivity (Wildman–Crippen MR) is 293 cm³/mol. The van der Waals surface area contributed by atoms with Crippen LogP contribution in [0.25, 0.3) is 27.6 Å². The molecule has 5 nitrogen and oxygen atoms in total. The number of nitrogens with zero attached hydrogens (tertiary/aromatic N) is 2. The lowest BCUT2D eigenvalue weighted by Gasteiger charge is -2.43. The second-order valence-electron chi connectivity index (χ2n) is 21.1. The number of hydrogen-bond acceptors (Lipinski definition) is 4. The summed E-state index contributed by atoms with van der Waals surface area (Å²) in [4.78, 5) is 5.08. The standard InChI is InChI=1S/C67H50N4O/c1-67(2,3)39-32-33-68-61(34-39)71-59-36-42(30-31-43(59)53-37-54-55(38-60(53)71)64-46-20-6-4-18-44(46)63(54)45-19-5-7-21-47(45)64)72-41-17-14-16-40(35-41)69-56-27-12-13-28-57(56)70-58-29-15-26-52-62-48-22-8-10-24-50(48)65(66(52)58)51-25-11-9-23-49(51)62/h4-38,62-65,69-70H,1-3H3. The zero-order chi connectivity index (χ0) is 47.8. The molecule has 2 aromatic heterocycles. The Balaban J connectivity index is 0.787. The Hall–Kier alpha value is -8.67. The van der Waals surface area contributed by atoms with E-state index in [-0.39, 0.29) is 29.1 Å². The number of aromatic nitrogens is 2. The summed E-state index contributed by atoms with van der Waals surface area (Å²) in [5.41, 5.74) is 24.3. The van der Waals surface area contributed by atoms with E-state index in [0.29, 0.717) is 0 Å².